The Kier molecular flexibility index (Phi) is 5.80. The van der Waals surface area contributed by atoms with Crippen LogP contribution in [-0.2, 0) is 15.8 Å². The topological polar surface area (TPSA) is 46.2 Å². The van der Waals surface area contributed by atoms with E-state index in [9.17, 15) is 9.00 Å². The van der Waals surface area contributed by atoms with Crippen LogP contribution in [0.25, 0.3) is 0 Å². The highest BCUT2D eigenvalue weighted by molar-refractivity contribution is 7.85. The number of hydrogen-bond acceptors (Lipinski definition) is 2. The standard InChI is InChI=1S/C11H21NO2S/c1-9(2)7-6-8-10(13)12-15(14)11(3,4)5/h6,8-9H,7H2,1-5H3,(H,12,13)/b8-6+/t15-/m0/s1. The van der Waals surface area contributed by atoms with E-state index in [4.69, 9.17) is 0 Å². The van der Waals surface area contributed by atoms with Crippen LogP contribution in [-0.4, -0.2) is 14.9 Å². The van der Waals surface area contributed by atoms with E-state index in [1.165, 1.54) is 6.08 Å². The first kappa shape index (κ1) is 14.4. The molecule has 0 aromatic rings. The predicted octanol–water partition coefficient (Wildman–Crippen LogP) is 2.17. The Morgan fingerprint density at radius 3 is 2.33 bits per heavy atom. The lowest BCUT2D eigenvalue weighted by molar-refractivity contribution is -0.114. The van der Waals surface area contributed by atoms with Crippen molar-refractivity contribution in [2.75, 3.05) is 0 Å². The third-order valence-corrected chi connectivity index (χ3v) is 3.13. The van der Waals surface area contributed by atoms with Crippen LogP contribution in [0.5, 0.6) is 0 Å². The Morgan fingerprint density at radius 2 is 1.93 bits per heavy atom. The lowest BCUT2D eigenvalue weighted by Gasteiger charge is -2.16. The van der Waals surface area contributed by atoms with E-state index in [1.54, 1.807) is 6.08 Å². The third kappa shape index (κ3) is 7.31. The van der Waals surface area contributed by atoms with Crippen LogP contribution < -0.4 is 4.72 Å². The van der Waals surface area contributed by atoms with Gasteiger partial charge in [-0.15, -0.1) is 0 Å². The Bertz CT molecular complexity index is 264. The molecule has 1 atom stereocenters. The predicted molar refractivity (Wildman–Crippen MR) is 64.6 cm³/mol. The average molecular weight is 231 g/mol. The van der Waals surface area contributed by atoms with E-state index < -0.39 is 15.7 Å². The summed E-state index contributed by atoms with van der Waals surface area (Å²) in [6.07, 6.45) is 4.11. The van der Waals surface area contributed by atoms with Crippen molar-refractivity contribution in [1.82, 2.24) is 4.72 Å². The molecular weight excluding hydrogens is 210 g/mol. The molecule has 0 saturated carbocycles. The summed E-state index contributed by atoms with van der Waals surface area (Å²) in [4.78, 5) is 11.3. The molecule has 0 rings (SSSR count). The maximum Gasteiger partial charge on any atom is 0.255 e. The van der Waals surface area contributed by atoms with Crippen molar-refractivity contribution in [3.63, 3.8) is 0 Å². The zero-order valence-electron chi connectivity index (χ0n) is 10.2. The van der Waals surface area contributed by atoms with E-state index in [-0.39, 0.29) is 5.91 Å². The van der Waals surface area contributed by atoms with Crippen LogP contribution in [0.3, 0.4) is 0 Å². The van der Waals surface area contributed by atoms with Gasteiger partial charge in [-0.25, -0.2) is 4.21 Å². The molecule has 0 bridgehead atoms. The fourth-order valence-corrected chi connectivity index (χ4v) is 1.28. The van der Waals surface area contributed by atoms with Crippen molar-refractivity contribution in [1.29, 1.82) is 0 Å². The van der Waals surface area contributed by atoms with Crippen LogP contribution in [0.15, 0.2) is 12.2 Å². The SMILES string of the molecule is CC(C)C/C=C/C(=O)N[S@@](=O)C(C)(C)C. The number of hydrogen-bond donors (Lipinski definition) is 1. The summed E-state index contributed by atoms with van der Waals surface area (Å²) in [5.41, 5.74) is 0. The van der Waals surface area contributed by atoms with Gasteiger partial charge in [0.1, 0.15) is 11.0 Å². The number of allylic oxidation sites excluding steroid dienone is 1. The number of carbonyl (C=O) groups is 1. The molecule has 0 aliphatic carbocycles. The minimum atomic E-state index is -1.33. The zero-order chi connectivity index (χ0) is 12.1. The van der Waals surface area contributed by atoms with Crippen LogP contribution >= 0.6 is 0 Å². The monoisotopic (exact) mass is 231 g/mol. The summed E-state index contributed by atoms with van der Waals surface area (Å²) in [6, 6.07) is 0. The number of carbonyl (C=O) groups excluding carboxylic acids is 1. The van der Waals surface area contributed by atoms with Gasteiger partial charge in [0.05, 0.1) is 4.75 Å². The van der Waals surface area contributed by atoms with Crippen molar-refractivity contribution >= 4 is 16.9 Å². The van der Waals surface area contributed by atoms with Crippen molar-refractivity contribution in [2.24, 2.45) is 5.92 Å². The Hall–Kier alpha value is -0.640. The summed E-state index contributed by atoms with van der Waals surface area (Å²) >= 11 is 0. The van der Waals surface area contributed by atoms with E-state index in [0.29, 0.717) is 5.92 Å². The second kappa shape index (κ2) is 6.05. The highest BCUT2D eigenvalue weighted by atomic mass is 32.2. The van der Waals surface area contributed by atoms with Gasteiger partial charge in [-0.1, -0.05) is 19.9 Å². The Labute approximate surface area is 94.9 Å². The molecule has 0 aromatic carbocycles. The van der Waals surface area contributed by atoms with Crippen molar-refractivity contribution in [3.8, 4) is 0 Å². The van der Waals surface area contributed by atoms with Gasteiger partial charge in [-0.2, -0.15) is 0 Å². The van der Waals surface area contributed by atoms with Gasteiger partial charge < -0.3 is 0 Å². The van der Waals surface area contributed by atoms with Crippen molar-refractivity contribution in [3.05, 3.63) is 12.2 Å². The first-order valence-electron chi connectivity index (χ1n) is 5.12. The molecule has 0 saturated heterocycles. The normalized spacial score (nSPS) is 14.5. The first-order chi connectivity index (χ1) is 6.73. The molecule has 0 aliphatic rings. The minimum Gasteiger partial charge on any atom is -0.271 e. The second-order valence-electron chi connectivity index (χ2n) is 4.88. The van der Waals surface area contributed by atoms with Gasteiger partial charge in [0, 0.05) is 0 Å². The lowest BCUT2D eigenvalue weighted by Crippen LogP contribution is -2.36. The molecular formula is C11H21NO2S. The minimum absolute atomic E-state index is 0.288. The lowest BCUT2D eigenvalue weighted by atomic mass is 10.1. The fourth-order valence-electron chi connectivity index (χ4n) is 0.726. The molecule has 3 nitrogen and oxygen atoms in total. The van der Waals surface area contributed by atoms with E-state index >= 15 is 0 Å². The Balaban J connectivity index is 4.05. The van der Waals surface area contributed by atoms with E-state index in [1.807, 2.05) is 20.8 Å². The quantitative estimate of drug-likeness (QED) is 0.754. The molecule has 88 valence electrons. The molecule has 0 aliphatic heterocycles. The molecule has 1 N–H and O–H groups in total. The maximum atomic E-state index is 11.5. The summed E-state index contributed by atoms with van der Waals surface area (Å²) in [7, 11) is -1.33. The summed E-state index contributed by atoms with van der Waals surface area (Å²) < 4.78 is 13.5. The summed E-state index contributed by atoms with van der Waals surface area (Å²) in [5, 5.41) is 0. The third-order valence-electron chi connectivity index (χ3n) is 1.63. The van der Waals surface area contributed by atoms with Gasteiger partial charge >= 0.3 is 0 Å². The molecule has 0 spiro atoms. The van der Waals surface area contributed by atoms with Crippen LogP contribution in [0.1, 0.15) is 41.0 Å². The molecule has 1 amide bonds. The van der Waals surface area contributed by atoms with Crippen molar-refractivity contribution in [2.45, 2.75) is 45.8 Å². The number of amides is 1. The Morgan fingerprint density at radius 1 is 1.40 bits per heavy atom. The smallest absolute Gasteiger partial charge is 0.255 e. The van der Waals surface area contributed by atoms with Crippen LogP contribution in [0.4, 0.5) is 0 Å². The highest BCUT2D eigenvalue weighted by Crippen LogP contribution is 2.08. The first-order valence-corrected chi connectivity index (χ1v) is 6.27. The maximum absolute atomic E-state index is 11.5. The molecule has 15 heavy (non-hydrogen) atoms. The zero-order valence-corrected chi connectivity index (χ0v) is 11.0. The summed E-state index contributed by atoms with van der Waals surface area (Å²) in [6.45, 7) is 9.62. The molecule has 0 fully saturated rings. The van der Waals surface area contributed by atoms with Crippen molar-refractivity contribution < 1.29 is 9.00 Å². The molecule has 0 radical (unpaired) electrons. The van der Waals surface area contributed by atoms with E-state index in [0.717, 1.165) is 6.42 Å². The molecule has 0 heterocycles. The van der Waals surface area contributed by atoms with Gasteiger partial charge in [0.15, 0.2) is 0 Å². The average Bonchev–Trinajstić information content (AvgIpc) is 2.01. The summed E-state index contributed by atoms with van der Waals surface area (Å²) in [5.74, 6) is 0.242. The second-order valence-corrected chi connectivity index (χ2v) is 6.85. The highest BCUT2D eigenvalue weighted by Gasteiger charge is 2.20. The van der Waals surface area contributed by atoms with Crippen LogP contribution in [0.2, 0.25) is 0 Å². The van der Waals surface area contributed by atoms with E-state index in [2.05, 4.69) is 18.6 Å². The largest absolute Gasteiger partial charge is 0.271 e. The van der Waals surface area contributed by atoms with Gasteiger partial charge in [0.2, 0.25) is 0 Å². The molecule has 0 unspecified atom stereocenters. The van der Waals surface area contributed by atoms with Crippen LogP contribution in [0, 0.1) is 5.92 Å². The molecule has 0 aromatic heterocycles. The van der Waals surface area contributed by atoms with Gasteiger partial charge in [-0.3, -0.25) is 9.52 Å². The number of rotatable bonds is 4. The van der Waals surface area contributed by atoms with Gasteiger partial charge in [0.25, 0.3) is 5.91 Å². The number of nitrogens with one attached hydrogen (secondary N) is 1. The molecule has 4 heteroatoms. The van der Waals surface area contributed by atoms with Gasteiger partial charge in [-0.05, 0) is 39.2 Å². The fraction of sp³-hybridized carbons (Fsp3) is 0.727.